The molecule has 0 aromatic heterocycles. The lowest BCUT2D eigenvalue weighted by molar-refractivity contribution is 0.265. The fourth-order valence-electron chi connectivity index (χ4n) is 2.71. The molecule has 1 aliphatic rings. The predicted octanol–water partition coefficient (Wildman–Crippen LogP) is 4.24. The van der Waals surface area contributed by atoms with Crippen molar-refractivity contribution in [1.29, 1.82) is 0 Å². The zero-order valence-corrected chi connectivity index (χ0v) is 14.6. The van der Waals surface area contributed by atoms with Crippen LogP contribution in [0.15, 0.2) is 22.9 Å². The van der Waals surface area contributed by atoms with E-state index in [1.807, 2.05) is 0 Å². The van der Waals surface area contributed by atoms with Crippen molar-refractivity contribution in [3.05, 3.63) is 22.9 Å². The van der Waals surface area contributed by atoms with Gasteiger partial charge in [0.25, 0.3) is 0 Å². The molecule has 0 saturated carbocycles. The van der Waals surface area contributed by atoms with Gasteiger partial charge in [0.1, 0.15) is 0 Å². The molecule has 0 amide bonds. The summed E-state index contributed by atoms with van der Waals surface area (Å²) in [6.07, 6.45) is 4.71. The minimum Gasteiger partial charge on any atom is -0.388 e. The Morgan fingerprint density at radius 3 is 2.45 bits per heavy atom. The zero-order chi connectivity index (χ0) is 15.6. The molecule has 116 valence electrons. The molecule has 2 nitrogen and oxygen atoms in total. The maximum atomic E-state index is 6.02. The molecule has 1 saturated heterocycles. The molecule has 0 spiro atoms. The van der Waals surface area contributed by atoms with Crippen LogP contribution in [0.5, 0.6) is 0 Å². The highest BCUT2D eigenvalue weighted by atomic mass is 14.9. The summed E-state index contributed by atoms with van der Waals surface area (Å²) in [5, 5.41) is 3.56. The highest BCUT2D eigenvalue weighted by Crippen LogP contribution is 2.35. The van der Waals surface area contributed by atoms with Gasteiger partial charge in [0, 0.05) is 18.8 Å². The molecule has 1 aliphatic heterocycles. The first kappa shape index (κ1) is 17.3. The lowest BCUT2D eigenvalue weighted by Crippen LogP contribution is -2.20. The molecular formula is C18H34N2. The van der Waals surface area contributed by atoms with Gasteiger partial charge >= 0.3 is 0 Å². The number of nitrogens with two attached hydrogens (primary N) is 1. The monoisotopic (exact) mass is 278 g/mol. The molecule has 2 heteroatoms. The number of nitrogens with one attached hydrogen (secondary N) is 1. The van der Waals surface area contributed by atoms with Crippen molar-refractivity contribution in [1.82, 2.24) is 5.32 Å². The van der Waals surface area contributed by atoms with E-state index in [9.17, 15) is 0 Å². The summed E-state index contributed by atoms with van der Waals surface area (Å²) in [5.74, 6) is 0.559. The van der Waals surface area contributed by atoms with Gasteiger partial charge in [-0.1, -0.05) is 54.0 Å². The van der Waals surface area contributed by atoms with E-state index in [1.165, 1.54) is 23.3 Å². The van der Waals surface area contributed by atoms with Gasteiger partial charge in [-0.2, -0.15) is 0 Å². The predicted molar refractivity (Wildman–Crippen MR) is 89.5 cm³/mol. The third-order valence-corrected chi connectivity index (χ3v) is 5.12. The van der Waals surface area contributed by atoms with Crippen molar-refractivity contribution < 1.29 is 0 Å². The van der Waals surface area contributed by atoms with Crippen LogP contribution in [0.4, 0.5) is 0 Å². The van der Waals surface area contributed by atoms with Crippen LogP contribution in [-0.4, -0.2) is 13.1 Å². The molecule has 0 bridgehead atoms. The second kappa shape index (κ2) is 6.34. The first-order valence-electron chi connectivity index (χ1n) is 7.97. The van der Waals surface area contributed by atoms with Gasteiger partial charge in [-0.3, -0.25) is 0 Å². The van der Waals surface area contributed by atoms with Crippen molar-refractivity contribution in [2.24, 2.45) is 22.5 Å². The van der Waals surface area contributed by atoms with Crippen molar-refractivity contribution >= 4 is 0 Å². The summed E-state index contributed by atoms with van der Waals surface area (Å²) < 4.78 is 0. The summed E-state index contributed by atoms with van der Waals surface area (Å²) in [6, 6.07) is 0. The standard InChI is InChI=1S/C18H34N2/c1-8-18(6,7)14(3)9-13(2)15(11-19)16-10-17(4,5)12-20-16/h9,14,20H,8,10-12,19H2,1-7H3/b13-9+,16-15+. The summed E-state index contributed by atoms with van der Waals surface area (Å²) >= 11 is 0. The molecule has 20 heavy (non-hydrogen) atoms. The van der Waals surface area contributed by atoms with Crippen molar-refractivity contribution in [2.45, 2.75) is 61.3 Å². The molecule has 1 unspecified atom stereocenters. The second-order valence-electron chi connectivity index (χ2n) is 7.84. The van der Waals surface area contributed by atoms with E-state index in [0.29, 0.717) is 23.3 Å². The average molecular weight is 278 g/mol. The highest BCUT2D eigenvalue weighted by Gasteiger charge is 2.28. The van der Waals surface area contributed by atoms with E-state index >= 15 is 0 Å². The minimum atomic E-state index is 0.341. The lowest BCUT2D eigenvalue weighted by Gasteiger charge is -2.29. The minimum absolute atomic E-state index is 0.341. The van der Waals surface area contributed by atoms with Crippen molar-refractivity contribution in [3.63, 3.8) is 0 Å². The van der Waals surface area contributed by atoms with Crippen LogP contribution in [0.25, 0.3) is 0 Å². The third-order valence-electron chi connectivity index (χ3n) is 5.12. The molecule has 1 fully saturated rings. The van der Waals surface area contributed by atoms with Gasteiger partial charge in [0.05, 0.1) is 0 Å². The zero-order valence-electron chi connectivity index (χ0n) is 14.6. The molecule has 3 N–H and O–H groups in total. The van der Waals surface area contributed by atoms with Gasteiger partial charge in [-0.25, -0.2) is 0 Å². The van der Waals surface area contributed by atoms with E-state index in [-0.39, 0.29) is 0 Å². The SMILES string of the molecule is CCC(C)(C)C(C)/C=C(C)/C(CN)=C1\CC(C)(C)CN1. The van der Waals surface area contributed by atoms with Crippen LogP contribution in [0.1, 0.15) is 61.3 Å². The lowest BCUT2D eigenvalue weighted by atomic mass is 9.76. The Morgan fingerprint density at radius 1 is 1.45 bits per heavy atom. The summed E-state index contributed by atoms with van der Waals surface area (Å²) in [7, 11) is 0. The first-order valence-corrected chi connectivity index (χ1v) is 7.97. The number of rotatable bonds is 5. The Bertz CT molecular complexity index is 400. The quantitative estimate of drug-likeness (QED) is 0.789. The highest BCUT2D eigenvalue weighted by molar-refractivity contribution is 5.36. The number of hydrogen-bond donors (Lipinski definition) is 2. The Balaban J connectivity index is 2.99. The van der Waals surface area contributed by atoms with Crippen LogP contribution >= 0.6 is 0 Å². The fourth-order valence-corrected chi connectivity index (χ4v) is 2.71. The van der Waals surface area contributed by atoms with E-state index in [0.717, 1.165) is 13.0 Å². The molecule has 1 heterocycles. The molecular weight excluding hydrogens is 244 g/mol. The molecule has 1 atom stereocenters. The Morgan fingerprint density at radius 2 is 2.05 bits per heavy atom. The summed E-state index contributed by atoms with van der Waals surface area (Å²) in [5.41, 5.74) is 10.7. The average Bonchev–Trinajstić information content (AvgIpc) is 2.70. The van der Waals surface area contributed by atoms with Gasteiger partial charge < -0.3 is 11.1 Å². The maximum Gasteiger partial charge on any atom is 0.0199 e. The molecule has 1 rings (SSSR count). The van der Waals surface area contributed by atoms with Crippen LogP contribution in [0.2, 0.25) is 0 Å². The van der Waals surface area contributed by atoms with Crippen LogP contribution in [0, 0.1) is 16.7 Å². The summed E-state index contributed by atoms with van der Waals surface area (Å²) in [6.45, 7) is 17.8. The van der Waals surface area contributed by atoms with Crippen LogP contribution in [0.3, 0.4) is 0 Å². The number of allylic oxidation sites excluding steroid dienone is 2. The Kier molecular flexibility index (Phi) is 5.48. The Hall–Kier alpha value is -0.760. The molecule has 0 radical (unpaired) electrons. The van der Waals surface area contributed by atoms with E-state index in [4.69, 9.17) is 5.73 Å². The second-order valence-corrected chi connectivity index (χ2v) is 7.84. The van der Waals surface area contributed by atoms with Crippen molar-refractivity contribution in [3.8, 4) is 0 Å². The maximum absolute atomic E-state index is 6.02. The van der Waals surface area contributed by atoms with Gasteiger partial charge in [0.2, 0.25) is 0 Å². The van der Waals surface area contributed by atoms with Crippen LogP contribution in [-0.2, 0) is 0 Å². The molecule has 0 aromatic rings. The summed E-state index contributed by atoms with van der Waals surface area (Å²) in [4.78, 5) is 0. The van der Waals surface area contributed by atoms with Crippen molar-refractivity contribution in [2.75, 3.05) is 13.1 Å². The number of hydrogen-bond acceptors (Lipinski definition) is 2. The normalized spacial score (nSPS) is 23.5. The topological polar surface area (TPSA) is 38.0 Å². The first-order chi connectivity index (χ1) is 9.13. The molecule has 0 aliphatic carbocycles. The van der Waals surface area contributed by atoms with Gasteiger partial charge in [-0.15, -0.1) is 0 Å². The van der Waals surface area contributed by atoms with Crippen LogP contribution < -0.4 is 11.1 Å². The fraction of sp³-hybridized carbons (Fsp3) is 0.778. The smallest absolute Gasteiger partial charge is 0.0199 e. The Labute approximate surface area is 125 Å². The molecule has 0 aromatic carbocycles. The largest absolute Gasteiger partial charge is 0.388 e. The van der Waals surface area contributed by atoms with Gasteiger partial charge in [0.15, 0.2) is 0 Å². The van der Waals surface area contributed by atoms with E-state index in [1.54, 1.807) is 0 Å². The van der Waals surface area contributed by atoms with E-state index in [2.05, 4.69) is 59.9 Å². The van der Waals surface area contributed by atoms with Gasteiger partial charge in [-0.05, 0) is 41.2 Å². The van der Waals surface area contributed by atoms with E-state index < -0.39 is 0 Å². The third kappa shape index (κ3) is 4.12.